The van der Waals surface area contributed by atoms with Gasteiger partial charge in [-0.25, -0.2) is 0 Å². The molecule has 1 saturated carbocycles. The Morgan fingerprint density at radius 3 is 2.67 bits per heavy atom. The molecule has 2 N–H and O–H groups in total. The number of likely N-dealkylation sites (tertiary alicyclic amines) is 1. The van der Waals surface area contributed by atoms with E-state index in [0.717, 1.165) is 6.42 Å². The summed E-state index contributed by atoms with van der Waals surface area (Å²) >= 11 is 0. The van der Waals surface area contributed by atoms with Gasteiger partial charge in [0, 0.05) is 17.5 Å². The molecule has 1 aliphatic carbocycles. The van der Waals surface area contributed by atoms with Crippen molar-refractivity contribution >= 4 is 0 Å². The molecule has 0 aromatic carbocycles. The van der Waals surface area contributed by atoms with Crippen LogP contribution >= 0.6 is 0 Å². The SMILES string of the molecule is CCCN1CCCC(NC2CC(O)C2(C)C)CC1. The van der Waals surface area contributed by atoms with Gasteiger partial charge in [0.2, 0.25) is 0 Å². The molecule has 1 aliphatic heterocycles. The van der Waals surface area contributed by atoms with Crippen LogP contribution in [0.5, 0.6) is 0 Å². The zero-order chi connectivity index (χ0) is 13.2. The number of nitrogens with zero attached hydrogens (tertiary/aromatic N) is 1. The first kappa shape index (κ1) is 14.3. The molecule has 0 aromatic rings. The first-order valence-electron chi connectivity index (χ1n) is 7.70. The van der Waals surface area contributed by atoms with Crippen LogP contribution < -0.4 is 5.32 Å². The highest BCUT2D eigenvalue weighted by molar-refractivity contribution is 5.02. The van der Waals surface area contributed by atoms with Crippen LogP contribution in [0.2, 0.25) is 0 Å². The van der Waals surface area contributed by atoms with Crippen molar-refractivity contribution in [1.29, 1.82) is 0 Å². The summed E-state index contributed by atoms with van der Waals surface area (Å²) < 4.78 is 0. The summed E-state index contributed by atoms with van der Waals surface area (Å²) in [5, 5.41) is 13.6. The van der Waals surface area contributed by atoms with E-state index in [9.17, 15) is 5.11 Å². The molecular formula is C15H30N2O. The van der Waals surface area contributed by atoms with Gasteiger partial charge in [0.15, 0.2) is 0 Å². The van der Waals surface area contributed by atoms with Gasteiger partial charge < -0.3 is 15.3 Å². The molecule has 1 heterocycles. The first-order chi connectivity index (χ1) is 8.54. The van der Waals surface area contributed by atoms with Crippen molar-refractivity contribution in [1.82, 2.24) is 10.2 Å². The average Bonchev–Trinajstić information content (AvgIpc) is 2.55. The van der Waals surface area contributed by atoms with E-state index in [0.29, 0.717) is 12.1 Å². The average molecular weight is 254 g/mol. The molecule has 18 heavy (non-hydrogen) atoms. The minimum Gasteiger partial charge on any atom is -0.392 e. The van der Waals surface area contributed by atoms with Gasteiger partial charge in [0.05, 0.1) is 6.10 Å². The lowest BCUT2D eigenvalue weighted by atomic mass is 9.64. The molecule has 3 heteroatoms. The summed E-state index contributed by atoms with van der Waals surface area (Å²) in [6.45, 7) is 10.4. The van der Waals surface area contributed by atoms with Crippen molar-refractivity contribution in [2.24, 2.45) is 5.41 Å². The Bertz CT molecular complexity index is 267. The predicted molar refractivity (Wildman–Crippen MR) is 75.7 cm³/mol. The van der Waals surface area contributed by atoms with Crippen LogP contribution in [0.1, 0.15) is 52.9 Å². The van der Waals surface area contributed by atoms with E-state index in [-0.39, 0.29) is 11.5 Å². The van der Waals surface area contributed by atoms with Crippen molar-refractivity contribution in [3.8, 4) is 0 Å². The van der Waals surface area contributed by atoms with Crippen molar-refractivity contribution in [2.45, 2.75) is 71.1 Å². The maximum atomic E-state index is 9.79. The fourth-order valence-electron chi connectivity index (χ4n) is 3.33. The Balaban J connectivity index is 1.77. The summed E-state index contributed by atoms with van der Waals surface area (Å²) in [6, 6.07) is 1.17. The molecule has 3 atom stereocenters. The van der Waals surface area contributed by atoms with E-state index in [2.05, 4.69) is 31.0 Å². The second-order valence-corrected chi connectivity index (χ2v) is 6.76. The Kier molecular flexibility index (Phi) is 4.68. The third kappa shape index (κ3) is 3.06. The molecule has 2 fully saturated rings. The van der Waals surface area contributed by atoms with Crippen LogP contribution in [-0.2, 0) is 0 Å². The van der Waals surface area contributed by atoms with Crippen LogP contribution in [-0.4, -0.2) is 47.8 Å². The molecule has 2 aliphatic rings. The van der Waals surface area contributed by atoms with Crippen molar-refractivity contribution in [2.75, 3.05) is 19.6 Å². The highest BCUT2D eigenvalue weighted by Crippen LogP contribution is 2.41. The lowest BCUT2D eigenvalue weighted by Crippen LogP contribution is -2.62. The van der Waals surface area contributed by atoms with E-state index in [4.69, 9.17) is 0 Å². The minimum absolute atomic E-state index is 0.0649. The zero-order valence-corrected chi connectivity index (χ0v) is 12.3. The number of hydrogen-bond acceptors (Lipinski definition) is 3. The summed E-state index contributed by atoms with van der Waals surface area (Å²) in [5.74, 6) is 0. The minimum atomic E-state index is -0.114. The topological polar surface area (TPSA) is 35.5 Å². The van der Waals surface area contributed by atoms with E-state index >= 15 is 0 Å². The maximum absolute atomic E-state index is 9.79. The molecule has 0 aromatic heterocycles. The molecule has 106 valence electrons. The Labute approximate surface area is 112 Å². The van der Waals surface area contributed by atoms with Gasteiger partial charge in [0.1, 0.15) is 0 Å². The van der Waals surface area contributed by atoms with E-state index in [1.54, 1.807) is 0 Å². The van der Waals surface area contributed by atoms with Gasteiger partial charge in [-0.1, -0.05) is 20.8 Å². The van der Waals surface area contributed by atoms with Crippen molar-refractivity contribution < 1.29 is 5.11 Å². The fraction of sp³-hybridized carbons (Fsp3) is 1.00. The Hall–Kier alpha value is -0.120. The summed E-state index contributed by atoms with van der Waals surface area (Å²) in [5.41, 5.74) is 0.0649. The van der Waals surface area contributed by atoms with Crippen LogP contribution in [0.15, 0.2) is 0 Å². The summed E-state index contributed by atoms with van der Waals surface area (Å²) in [7, 11) is 0. The summed E-state index contributed by atoms with van der Waals surface area (Å²) in [4.78, 5) is 2.60. The molecule has 3 unspecified atom stereocenters. The predicted octanol–water partition coefficient (Wildman–Crippen LogP) is 2.00. The van der Waals surface area contributed by atoms with E-state index in [1.165, 1.54) is 45.3 Å². The number of rotatable bonds is 4. The molecule has 3 nitrogen and oxygen atoms in total. The number of hydrogen-bond donors (Lipinski definition) is 2. The molecular weight excluding hydrogens is 224 g/mol. The highest BCUT2D eigenvalue weighted by atomic mass is 16.3. The second kappa shape index (κ2) is 5.89. The van der Waals surface area contributed by atoms with Crippen LogP contribution in [0, 0.1) is 5.41 Å². The molecule has 0 radical (unpaired) electrons. The third-order valence-corrected chi connectivity index (χ3v) is 5.01. The van der Waals surface area contributed by atoms with E-state index < -0.39 is 0 Å². The van der Waals surface area contributed by atoms with Gasteiger partial charge in [-0.3, -0.25) is 0 Å². The van der Waals surface area contributed by atoms with E-state index in [1.807, 2.05) is 0 Å². The van der Waals surface area contributed by atoms with Gasteiger partial charge in [0.25, 0.3) is 0 Å². The Morgan fingerprint density at radius 1 is 1.28 bits per heavy atom. The quantitative estimate of drug-likeness (QED) is 0.805. The Morgan fingerprint density at radius 2 is 2.06 bits per heavy atom. The van der Waals surface area contributed by atoms with Crippen LogP contribution in [0.4, 0.5) is 0 Å². The third-order valence-electron chi connectivity index (χ3n) is 5.01. The van der Waals surface area contributed by atoms with Gasteiger partial charge >= 0.3 is 0 Å². The fourth-order valence-corrected chi connectivity index (χ4v) is 3.33. The number of aliphatic hydroxyl groups is 1. The highest BCUT2D eigenvalue weighted by Gasteiger charge is 2.47. The van der Waals surface area contributed by atoms with Gasteiger partial charge in [-0.2, -0.15) is 0 Å². The van der Waals surface area contributed by atoms with Crippen LogP contribution in [0.25, 0.3) is 0 Å². The normalized spacial score (nSPS) is 37.0. The number of nitrogens with one attached hydrogen (secondary N) is 1. The zero-order valence-electron chi connectivity index (χ0n) is 12.3. The van der Waals surface area contributed by atoms with Crippen molar-refractivity contribution in [3.05, 3.63) is 0 Å². The molecule has 0 amide bonds. The standard InChI is InChI=1S/C15H30N2O/c1-4-8-17-9-5-6-12(7-10-17)16-13-11-14(18)15(13,2)3/h12-14,16,18H,4-11H2,1-3H3. The smallest absolute Gasteiger partial charge is 0.0621 e. The monoisotopic (exact) mass is 254 g/mol. The lowest BCUT2D eigenvalue weighted by Gasteiger charge is -2.51. The lowest BCUT2D eigenvalue weighted by molar-refractivity contribution is -0.0763. The molecule has 0 bridgehead atoms. The summed E-state index contributed by atoms with van der Waals surface area (Å²) in [6.07, 6.45) is 5.96. The molecule has 0 spiro atoms. The second-order valence-electron chi connectivity index (χ2n) is 6.76. The number of aliphatic hydroxyl groups excluding tert-OH is 1. The molecule has 1 saturated heterocycles. The largest absolute Gasteiger partial charge is 0.392 e. The van der Waals surface area contributed by atoms with Gasteiger partial charge in [-0.15, -0.1) is 0 Å². The van der Waals surface area contributed by atoms with Crippen LogP contribution in [0.3, 0.4) is 0 Å². The van der Waals surface area contributed by atoms with Gasteiger partial charge in [-0.05, 0) is 51.7 Å². The first-order valence-corrected chi connectivity index (χ1v) is 7.70. The van der Waals surface area contributed by atoms with Crippen molar-refractivity contribution in [3.63, 3.8) is 0 Å². The maximum Gasteiger partial charge on any atom is 0.0621 e. The molecule has 2 rings (SSSR count).